The van der Waals surface area contributed by atoms with Crippen molar-refractivity contribution < 1.29 is 22.5 Å². The van der Waals surface area contributed by atoms with Crippen molar-refractivity contribution in [3.05, 3.63) is 28.1 Å². The van der Waals surface area contributed by atoms with Crippen LogP contribution in [0.3, 0.4) is 0 Å². The van der Waals surface area contributed by atoms with Gasteiger partial charge in [-0.1, -0.05) is 0 Å². The predicted molar refractivity (Wildman–Crippen MR) is 75.8 cm³/mol. The van der Waals surface area contributed by atoms with Gasteiger partial charge in [0.15, 0.2) is 5.82 Å². The Hall–Kier alpha value is -1.78. The van der Waals surface area contributed by atoms with Crippen LogP contribution in [0, 0.1) is 15.9 Å². The Bertz CT molecular complexity index is 694. The van der Waals surface area contributed by atoms with Gasteiger partial charge in [0.1, 0.15) is 0 Å². The van der Waals surface area contributed by atoms with E-state index in [2.05, 4.69) is 10.1 Å². The molecular weight excluding hydrogens is 317 g/mol. The van der Waals surface area contributed by atoms with Crippen molar-refractivity contribution in [1.29, 1.82) is 0 Å². The second kappa shape index (κ2) is 6.15. The van der Waals surface area contributed by atoms with E-state index in [1.54, 1.807) is 6.92 Å². The van der Waals surface area contributed by atoms with Gasteiger partial charge in [0.05, 0.1) is 16.9 Å². The number of nitro groups is 1. The molecule has 122 valence electrons. The van der Waals surface area contributed by atoms with Crippen LogP contribution < -0.4 is 10.1 Å². The van der Waals surface area contributed by atoms with Crippen LogP contribution in [0.1, 0.15) is 6.92 Å². The standard InChI is InChI=1S/C12H16FN3O5S/c1-8-7-14-3-4-15(8)22(19,20)9-5-10(13)12(21-2)11(6-9)16(17)18/h5-6,8,14H,3-4,7H2,1-2H3. The summed E-state index contributed by atoms with van der Waals surface area (Å²) >= 11 is 0. The lowest BCUT2D eigenvalue weighted by molar-refractivity contribution is -0.386. The van der Waals surface area contributed by atoms with Crippen molar-refractivity contribution in [1.82, 2.24) is 9.62 Å². The molecule has 0 bridgehead atoms. The van der Waals surface area contributed by atoms with Crippen LogP contribution in [0.2, 0.25) is 0 Å². The van der Waals surface area contributed by atoms with Crippen molar-refractivity contribution in [2.45, 2.75) is 17.9 Å². The summed E-state index contributed by atoms with van der Waals surface area (Å²) in [5.41, 5.74) is -0.719. The second-order valence-corrected chi connectivity index (χ2v) is 6.77. The zero-order valence-corrected chi connectivity index (χ0v) is 12.9. The topological polar surface area (TPSA) is 102 Å². The number of ether oxygens (including phenoxy) is 1. The lowest BCUT2D eigenvalue weighted by Crippen LogP contribution is -2.52. The molecule has 1 saturated heterocycles. The molecular formula is C12H16FN3O5S. The minimum atomic E-state index is -4.02. The molecule has 0 amide bonds. The first-order valence-corrected chi connectivity index (χ1v) is 7.97. The first-order valence-electron chi connectivity index (χ1n) is 6.53. The van der Waals surface area contributed by atoms with E-state index >= 15 is 0 Å². The van der Waals surface area contributed by atoms with E-state index in [0.29, 0.717) is 13.1 Å². The molecule has 1 aliphatic heterocycles. The minimum absolute atomic E-state index is 0.213. The molecule has 1 aromatic carbocycles. The monoisotopic (exact) mass is 333 g/mol. The average molecular weight is 333 g/mol. The van der Waals surface area contributed by atoms with E-state index in [-0.39, 0.29) is 12.6 Å². The first kappa shape index (κ1) is 16.6. The zero-order valence-electron chi connectivity index (χ0n) is 12.1. The summed E-state index contributed by atoms with van der Waals surface area (Å²) in [5, 5.41) is 14.0. The molecule has 1 heterocycles. The number of rotatable bonds is 4. The molecule has 2 rings (SSSR count). The highest BCUT2D eigenvalue weighted by molar-refractivity contribution is 7.89. The van der Waals surface area contributed by atoms with Crippen molar-refractivity contribution in [2.24, 2.45) is 0 Å². The smallest absolute Gasteiger partial charge is 0.315 e. The van der Waals surface area contributed by atoms with E-state index in [9.17, 15) is 22.9 Å². The zero-order chi connectivity index (χ0) is 16.5. The Morgan fingerprint density at radius 3 is 2.73 bits per heavy atom. The Morgan fingerprint density at radius 1 is 1.50 bits per heavy atom. The number of methoxy groups -OCH3 is 1. The van der Waals surface area contributed by atoms with Crippen LogP contribution in [0.4, 0.5) is 10.1 Å². The molecule has 1 atom stereocenters. The van der Waals surface area contributed by atoms with Crippen LogP contribution in [0.5, 0.6) is 5.75 Å². The van der Waals surface area contributed by atoms with Crippen molar-refractivity contribution in [3.8, 4) is 5.75 Å². The SMILES string of the molecule is COc1c(F)cc(S(=O)(=O)N2CCNCC2C)cc1[N+](=O)[O-]. The minimum Gasteiger partial charge on any atom is -0.488 e. The summed E-state index contributed by atoms with van der Waals surface area (Å²) in [6.45, 7) is 2.84. The molecule has 1 unspecified atom stereocenters. The van der Waals surface area contributed by atoms with E-state index < -0.39 is 37.1 Å². The third kappa shape index (κ3) is 2.89. The van der Waals surface area contributed by atoms with Crippen molar-refractivity contribution >= 4 is 15.7 Å². The van der Waals surface area contributed by atoms with Crippen LogP contribution >= 0.6 is 0 Å². The summed E-state index contributed by atoms with van der Waals surface area (Å²) in [5.74, 6) is -1.67. The fraction of sp³-hybridized carbons (Fsp3) is 0.500. The highest BCUT2D eigenvalue weighted by atomic mass is 32.2. The number of nitrogens with zero attached hydrogens (tertiary/aromatic N) is 2. The van der Waals surface area contributed by atoms with Crippen molar-refractivity contribution in [2.75, 3.05) is 26.7 Å². The maximum Gasteiger partial charge on any atom is 0.315 e. The summed E-state index contributed by atoms with van der Waals surface area (Å²) in [7, 11) is -2.94. The van der Waals surface area contributed by atoms with Gasteiger partial charge in [-0.3, -0.25) is 10.1 Å². The number of hydrogen-bond acceptors (Lipinski definition) is 6. The van der Waals surface area contributed by atoms with Gasteiger partial charge in [-0.25, -0.2) is 12.8 Å². The number of halogens is 1. The van der Waals surface area contributed by atoms with E-state index in [1.165, 1.54) is 4.31 Å². The van der Waals surface area contributed by atoms with E-state index in [1.807, 2.05) is 0 Å². The van der Waals surface area contributed by atoms with Gasteiger partial charge >= 0.3 is 5.69 Å². The van der Waals surface area contributed by atoms with E-state index in [0.717, 1.165) is 19.2 Å². The van der Waals surface area contributed by atoms with Gasteiger partial charge in [0, 0.05) is 31.7 Å². The molecule has 1 aliphatic rings. The molecule has 0 spiro atoms. The molecule has 22 heavy (non-hydrogen) atoms. The summed E-state index contributed by atoms with van der Waals surface area (Å²) < 4.78 is 45.0. The number of piperazine rings is 1. The van der Waals surface area contributed by atoms with Gasteiger partial charge in [-0.15, -0.1) is 0 Å². The van der Waals surface area contributed by atoms with Gasteiger partial charge < -0.3 is 10.1 Å². The normalized spacial score (nSPS) is 19.9. The largest absolute Gasteiger partial charge is 0.488 e. The Morgan fingerprint density at radius 2 is 2.18 bits per heavy atom. The van der Waals surface area contributed by atoms with Crippen LogP contribution in [0.15, 0.2) is 17.0 Å². The van der Waals surface area contributed by atoms with E-state index in [4.69, 9.17) is 0 Å². The van der Waals surface area contributed by atoms with Gasteiger partial charge in [0.25, 0.3) is 0 Å². The van der Waals surface area contributed by atoms with Gasteiger partial charge in [-0.2, -0.15) is 4.31 Å². The van der Waals surface area contributed by atoms with Crippen molar-refractivity contribution in [3.63, 3.8) is 0 Å². The highest BCUT2D eigenvalue weighted by Crippen LogP contribution is 2.34. The first-order chi connectivity index (χ1) is 10.3. The lowest BCUT2D eigenvalue weighted by atomic mass is 10.3. The number of benzene rings is 1. The fourth-order valence-electron chi connectivity index (χ4n) is 2.36. The third-order valence-corrected chi connectivity index (χ3v) is 5.44. The highest BCUT2D eigenvalue weighted by Gasteiger charge is 2.34. The molecule has 1 fully saturated rings. The molecule has 1 N–H and O–H groups in total. The molecule has 0 radical (unpaired) electrons. The number of nitrogens with one attached hydrogen (secondary N) is 1. The molecule has 0 saturated carbocycles. The fourth-order valence-corrected chi connectivity index (χ4v) is 4.02. The average Bonchev–Trinajstić information content (AvgIpc) is 2.46. The number of sulfonamides is 1. The van der Waals surface area contributed by atoms with Gasteiger partial charge in [0.2, 0.25) is 15.8 Å². The molecule has 0 aliphatic carbocycles. The van der Waals surface area contributed by atoms with Crippen LogP contribution in [-0.2, 0) is 10.0 Å². The summed E-state index contributed by atoms with van der Waals surface area (Å²) in [6, 6.07) is 1.24. The summed E-state index contributed by atoms with van der Waals surface area (Å²) in [6.07, 6.45) is 0. The number of hydrogen-bond donors (Lipinski definition) is 1. The predicted octanol–water partition coefficient (Wildman–Crippen LogP) is 0.725. The second-order valence-electron chi connectivity index (χ2n) is 4.88. The molecule has 1 aromatic rings. The quantitative estimate of drug-likeness (QED) is 0.644. The summed E-state index contributed by atoms with van der Waals surface area (Å²) in [4.78, 5) is 9.67. The Labute approximate surface area is 127 Å². The number of nitro benzene ring substituents is 1. The maximum absolute atomic E-state index is 13.9. The molecule has 0 aromatic heterocycles. The third-order valence-electron chi connectivity index (χ3n) is 3.45. The molecule has 8 nitrogen and oxygen atoms in total. The maximum atomic E-state index is 13.9. The Balaban J connectivity index is 2.54. The molecule has 10 heteroatoms. The lowest BCUT2D eigenvalue weighted by Gasteiger charge is -2.32. The van der Waals surface area contributed by atoms with Crippen LogP contribution in [0.25, 0.3) is 0 Å². The van der Waals surface area contributed by atoms with Crippen LogP contribution in [-0.4, -0.2) is 50.4 Å². The van der Waals surface area contributed by atoms with Gasteiger partial charge in [-0.05, 0) is 13.0 Å². The Kier molecular flexibility index (Phi) is 4.63.